The van der Waals surface area contributed by atoms with Crippen molar-refractivity contribution in [2.45, 2.75) is 32.1 Å². The monoisotopic (exact) mass is 400 g/mol. The molecule has 0 fully saturated rings. The van der Waals surface area contributed by atoms with E-state index in [0.717, 1.165) is 0 Å². The van der Waals surface area contributed by atoms with Crippen LogP contribution in [0.15, 0.2) is 83.8 Å². The Morgan fingerprint density at radius 2 is 1.21 bits per heavy atom. The Morgan fingerprint density at radius 3 is 1.55 bits per heavy atom. The summed E-state index contributed by atoms with van der Waals surface area (Å²) in [5.74, 6) is 0.201. The summed E-state index contributed by atoms with van der Waals surface area (Å²) in [6.07, 6.45) is 2.08. The first kappa shape index (κ1) is 18.5. The molecular weight excluding hydrogens is 376 g/mol. The SMILES string of the molecule is CC(C)(C)/C(=C/C12c3ccccc3C(c3ccccc31)c1ccccc12)S(=O)O. The smallest absolute Gasteiger partial charge is 0.182 e. The third-order valence-electron chi connectivity index (χ3n) is 6.36. The zero-order valence-corrected chi connectivity index (χ0v) is 17.7. The van der Waals surface area contributed by atoms with Gasteiger partial charge >= 0.3 is 0 Å². The van der Waals surface area contributed by atoms with E-state index in [1.807, 2.05) is 20.8 Å². The van der Waals surface area contributed by atoms with E-state index < -0.39 is 21.9 Å². The molecule has 1 atom stereocenters. The summed E-state index contributed by atoms with van der Waals surface area (Å²) in [4.78, 5) is 0.553. The van der Waals surface area contributed by atoms with E-state index in [9.17, 15) is 8.76 Å². The number of rotatable bonds is 2. The van der Waals surface area contributed by atoms with Gasteiger partial charge in [0.1, 0.15) is 0 Å². The largest absolute Gasteiger partial charge is 0.302 e. The van der Waals surface area contributed by atoms with Gasteiger partial charge < -0.3 is 4.55 Å². The van der Waals surface area contributed by atoms with Crippen LogP contribution < -0.4 is 0 Å². The van der Waals surface area contributed by atoms with Gasteiger partial charge in [0, 0.05) is 10.8 Å². The third-order valence-corrected chi connectivity index (χ3v) is 7.47. The second-order valence-corrected chi connectivity index (χ2v) is 9.95. The summed E-state index contributed by atoms with van der Waals surface area (Å²) < 4.78 is 22.7. The molecule has 146 valence electrons. The Balaban J connectivity index is 1.98. The lowest BCUT2D eigenvalue weighted by molar-refractivity contribution is 0.496. The number of hydrogen-bond acceptors (Lipinski definition) is 1. The Hall–Kier alpha value is -2.49. The third kappa shape index (κ3) is 2.47. The molecule has 2 bridgehead atoms. The zero-order chi connectivity index (χ0) is 20.4. The molecule has 3 aliphatic carbocycles. The second kappa shape index (κ2) is 6.25. The van der Waals surface area contributed by atoms with Gasteiger partial charge in [-0.3, -0.25) is 0 Å². The van der Waals surface area contributed by atoms with Gasteiger partial charge in [-0.2, -0.15) is 0 Å². The molecule has 0 heterocycles. The summed E-state index contributed by atoms with van der Waals surface area (Å²) >= 11 is -2.05. The highest BCUT2D eigenvalue weighted by Crippen LogP contribution is 2.60. The highest BCUT2D eigenvalue weighted by atomic mass is 32.2. The topological polar surface area (TPSA) is 37.3 Å². The quantitative estimate of drug-likeness (QED) is 0.537. The molecule has 3 aliphatic rings. The molecule has 0 aromatic heterocycles. The molecule has 6 rings (SSSR count). The molecular formula is C26H24O2S. The molecule has 0 spiro atoms. The van der Waals surface area contributed by atoms with Gasteiger partial charge in [-0.25, -0.2) is 4.21 Å². The van der Waals surface area contributed by atoms with Gasteiger partial charge in [0.25, 0.3) is 0 Å². The number of benzene rings is 3. The van der Waals surface area contributed by atoms with E-state index in [1.54, 1.807) is 0 Å². The maximum absolute atomic E-state index is 12.5. The van der Waals surface area contributed by atoms with Crippen molar-refractivity contribution in [3.63, 3.8) is 0 Å². The fraction of sp³-hybridized carbons (Fsp3) is 0.231. The van der Waals surface area contributed by atoms with Crippen LogP contribution in [0.3, 0.4) is 0 Å². The minimum Gasteiger partial charge on any atom is -0.302 e. The van der Waals surface area contributed by atoms with E-state index in [0.29, 0.717) is 4.91 Å². The minimum absolute atomic E-state index is 0.201. The van der Waals surface area contributed by atoms with Crippen molar-refractivity contribution in [1.29, 1.82) is 0 Å². The van der Waals surface area contributed by atoms with Crippen molar-refractivity contribution in [2.75, 3.05) is 0 Å². The second-order valence-electron chi connectivity index (χ2n) is 9.01. The van der Waals surface area contributed by atoms with Crippen LogP contribution >= 0.6 is 0 Å². The molecule has 1 unspecified atom stereocenters. The van der Waals surface area contributed by atoms with Gasteiger partial charge in [-0.15, -0.1) is 0 Å². The van der Waals surface area contributed by atoms with E-state index >= 15 is 0 Å². The van der Waals surface area contributed by atoms with Crippen LogP contribution in [0.1, 0.15) is 60.1 Å². The molecule has 0 saturated heterocycles. The van der Waals surface area contributed by atoms with Crippen molar-refractivity contribution >= 4 is 11.1 Å². The molecule has 0 aliphatic heterocycles. The molecule has 0 saturated carbocycles. The highest BCUT2D eigenvalue weighted by Gasteiger charge is 2.51. The lowest BCUT2D eigenvalue weighted by atomic mass is 9.52. The fourth-order valence-corrected chi connectivity index (χ4v) is 6.02. The van der Waals surface area contributed by atoms with Gasteiger partial charge in [-0.05, 0) is 38.8 Å². The van der Waals surface area contributed by atoms with Crippen molar-refractivity contribution in [3.8, 4) is 0 Å². The van der Waals surface area contributed by atoms with Gasteiger partial charge in [-0.1, -0.05) is 99.6 Å². The van der Waals surface area contributed by atoms with E-state index in [-0.39, 0.29) is 5.92 Å². The summed E-state index contributed by atoms with van der Waals surface area (Å²) in [5, 5.41) is 0. The minimum atomic E-state index is -2.05. The molecule has 3 heteroatoms. The maximum Gasteiger partial charge on any atom is 0.182 e. The molecule has 29 heavy (non-hydrogen) atoms. The predicted molar refractivity (Wildman–Crippen MR) is 118 cm³/mol. The summed E-state index contributed by atoms with van der Waals surface area (Å²) in [5.41, 5.74) is 6.52. The Labute approximate surface area is 174 Å². The van der Waals surface area contributed by atoms with Crippen molar-refractivity contribution in [3.05, 3.63) is 117 Å². The standard InChI is InChI=1S/C26H24O2S/c1-25(2,3)23(29(27)28)16-26-20-13-7-4-10-17(20)24(18-11-5-8-14-21(18)26)19-12-6-9-15-22(19)26/h4-16,24H,1-3H3,(H,27,28)/b23-16-. The molecule has 0 radical (unpaired) electrons. The Kier molecular flexibility index (Phi) is 4.00. The Bertz CT molecular complexity index is 1070. The average molecular weight is 401 g/mol. The lowest BCUT2D eigenvalue weighted by Crippen LogP contribution is -2.41. The lowest BCUT2D eigenvalue weighted by Gasteiger charge is -2.50. The van der Waals surface area contributed by atoms with Gasteiger partial charge in [0.15, 0.2) is 11.1 Å². The molecule has 3 aromatic carbocycles. The van der Waals surface area contributed by atoms with Crippen LogP contribution in [-0.2, 0) is 16.5 Å². The summed E-state index contributed by atoms with van der Waals surface area (Å²) in [7, 11) is 0. The molecule has 1 N–H and O–H groups in total. The summed E-state index contributed by atoms with van der Waals surface area (Å²) in [6, 6.07) is 25.7. The number of hydrogen-bond donors (Lipinski definition) is 1. The normalized spacial score (nSPS) is 23.2. The van der Waals surface area contributed by atoms with Crippen molar-refractivity contribution in [1.82, 2.24) is 0 Å². The molecule has 3 aromatic rings. The van der Waals surface area contributed by atoms with Gasteiger partial charge in [0.05, 0.1) is 5.41 Å². The van der Waals surface area contributed by atoms with Gasteiger partial charge in [0.2, 0.25) is 0 Å². The predicted octanol–water partition coefficient (Wildman–Crippen LogP) is 5.98. The highest BCUT2D eigenvalue weighted by molar-refractivity contribution is 7.83. The Morgan fingerprint density at radius 1 is 0.828 bits per heavy atom. The zero-order valence-electron chi connectivity index (χ0n) is 16.8. The number of allylic oxidation sites excluding steroid dienone is 2. The summed E-state index contributed by atoms with van der Waals surface area (Å²) in [6.45, 7) is 6.01. The van der Waals surface area contributed by atoms with E-state index in [4.69, 9.17) is 0 Å². The van der Waals surface area contributed by atoms with Crippen LogP contribution in [0.25, 0.3) is 0 Å². The first-order valence-electron chi connectivity index (χ1n) is 9.98. The van der Waals surface area contributed by atoms with Crippen LogP contribution in [0.4, 0.5) is 0 Å². The van der Waals surface area contributed by atoms with E-state index in [2.05, 4.69) is 78.9 Å². The van der Waals surface area contributed by atoms with Crippen LogP contribution in [0, 0.1) is 5.41 Å². The van der Waals surface area contributed by atoms with Crippen LogP contribution in [0.2, 0.25) is 0 Å². The fourth-order valence-electron chi connectivity index (χ4n) is 5.22. The molecule has 2 nitrogen and oxygen atoms in total. The first-order chi connectivity index (χ1) is 13.9. The van der Waals surface area contributed by atoms with Crippen molar-refractivity contribution < 1.29 is 8.76 Å². The average Bonchev–Trinajstić information content (AvgIpc) is 2.71. The van der Waals surface area contributed by atoms with Crippen molar-refractivity contribution in [2.24, 2.45) is 5.41 Å². The van der Waals surface area contributed by atoms with E-state index in [1.165, 1.54) is 33.4 Å². The first-order valence-corrected chi connectivity index (χ1v) is 11.1. The van der Waals surface area contributed by atoms with Crippen LogP contribution in [-0.4, -0.2) is 8.76 Å². The maximum atomic E-state index is 12.5. The molecule has 0 amide bonds. The van der Waals surface area contributed by atoms with Crippen LogP contribution in [0.5, 0.6) is 0 Å².